The smallest absolute Gasteiger partial charge is 0.251 e. The van der Waals surface area contributed by atoms with Gasteiger partial charge >= 0.3 is 0 Å². The maximum Gasteiger partial charge on any atom is 0.251 e. The highest BCUT2D eigenvalue weighted by Crippen LogP contribution is 2.13. The molecule has 0 radical (unpaired) electrons. The zero-order valence-corrected chi connectivity index (χ0v) is 10.5. The highest BCUT2D eigenvalue weighted by atomic mass is 32.2. The molecule has 0 aromatic heterocycles. The molecule has 1 fully saturated rings. The summed E-state index contributed by atoms with van der Waals surface area (Å²) < 4.78 is 35.5. The Morgan fingerprint density at radius 2 is 1.94 bits per heavy atom. The van der Waals surface area contributed by atoms with Gasteiger partial charge in [-0.15, -0.1) is 0 Å². The number of hydrogen-bond acceptors (Lipinski definition) is 3. The van der Waals surface area contributed by atoms with Crippen LogP contribution in [-0.2, 0) is 9.84 Å². The topological polar surface area (TPSA) is 63.2 Å². The van der Waals surface area contributed by atoms with Crippen molar-refractivity contribution in [2.45, 2.75) is 18.9 Å². The van der Waals surface area contributed by atoms with Gasteiger partial charge in [0, 0.05) is 11.6 Å². The van der Waals surface area contributed by atoms with Crippen molar-refractivity contribution >= 4 is 15.7 Å². The van der Waals surface area contributed by atoms with Crippen molar-refractivity contribution in [2.24, 2.45) is 0 Å². The number of carbonyl (C=O) groups is 1. The Bertz CT molecular complexity index is 539. The van der Waals surface area contributed by atoms with E-state index in [2.05, 4.69) is 5.32 Å². The number of amides is 1. The lowest BCUT2D eigenvalue weighted by molar-refractivity contribution is 0.0938. The molecule has 0 aliphatic carbocycles. The number of sulfone groups is 1. The minimum atomic E-state index is -3.04. The van der Waals surface area contributed by atoms with Crippen LogP contribution < -0.4 is 5.32 Å². The molecule has 1 N–H and O–H groups in total. The van der Waals surface area contributed by atoms with Crippen LogP contribution in [0.3, 0.4) is 0 Å². The van der Waals surface area contributed by atoms with E-state index in [1.165, 1.54) is 24.3 Å². The molecule has 1 aliphatic heterocycles. The molecule has 18 heavy (non-hydrogen) atoms. The van der Waals surface area contributed by atoms with Crippen molar-refractivity contribution in [3.05, 3.63) is 35.6 Å². The molecule has 1 heterocycles. The van der Waals surface area contributed by atoms with E-state index < -0.39 is 15.7 Å². The van der Waals surface area contributed by atoms with Crippen molar-refractivity contribution < 1.29 is 17.6 Å². The van der Waals surface area contributed by atoms with Gasteiger partial charge in [-0.2, -0.15) is 0 Å². The van der Waals surface area contributed by atoms with Crippen molar-refractivity contribution in [1.82, 2.24) is 5.32 Å². The van der Waals surface area contributed by atoms with Gasteiger partial charge in [0.2, 0.25) is 0 Å². The van der Waals surface area contributed by atoms with Crippen LogP contribution in [0.15, 0.2) is 24.3 Å². The van der Waals surface area contributed by atoms with Gasteiger partial charge < -0.3 is 5.32 Å². The van der Waals surface area contributed by atoms with Gasteiger partial charge in [-0.05, 0) is 37.1 Å². The molecule has 0 spiro atoms. The number of benzene rings is 1. The Balaban J connectivity index is 2.01. The molecule has 0 saturated carbocycles. The zero-order chi connectivity index (χ0) is 13.2. The highest BCUT2D eigenvalue weighted by Gasteiger charge is 2.26. The van der Waals surface area contributed by atoms with Crippen LogP contribution in [0.5, 0.6) is 0 Å². The fourth-order valence-corrected chi connectivity index (χ4v) is 3.64. The maximum absolute atomic E-state index is 12.7. The Labute approximate surface area is 105 Å². The maximum atomic E-state index is 12.7. The Morgan fingerprint density at radius 1 is 1.28 bits per heavy atom. The third-order valence-corrected chi connectivity index (χ3v) is 4.73. The van der Waals surface area contributed by atoms with Gasteiger partial charge in [-0.25, -0.2) is 12.8 Å². The summed E-state index contributed by atoms with van der Waals surface area (Å²) in [6.07, 6.45) is 1.23. The molecule has 2 rings (SSSR count). The van der Waals surface area contributed by atoms with E-state index in [0.717, 1.165) is 0 Å². The number of rotatable bonds is 2. The normalized spacial score (nSPS) is 22.4. The van der Waals surface area contributed by atoms with E-state index in [1.54, 1.807) is 0 Å². The fraction of sp³-hybridized carbons (Fsp3) is 0.417. The summed E-state index contributed by atoms with van der Waals surface area (Å²) in [5, 5.41) is 2.67. The van der Waals surface area contributed by atoms with E-state index in [4.69, 9.17) is 0 Å². The standard InChI is InChI=1S/C12H14FNO3S/c13-10-5-3-9(4-6-10)12(15)14-11-2-1-7-18(16,17)8-11/h3-6,11H,1-2,7-8H2,(H,14,15). The Hall–Kier alpha value is -1.43. The largest absolute Gasteiger partial charge is 0.348 e. The van der Waals surface area contributed by atoms with Gasteiger partial charge in [0.25, 0.3) is 5.91 Å². The molecule has 1 aromatic carbocycles. The first-order chi connectivity index (χ1) is 8.46. The predicted octanol–water partition coefficient (Wildman–Crippen LogP) is 1.13. The van der Waals surface area contributed by atoms with Crippen molar-refractivity contribution in [2.75, 3.05) is 11.5 Å². The van der Waals surface area contributed by atoms with Crippen LogP contribution >= 0.6 is 0 Å². The summed E-state index contributed by atoms with van der Waals surface area (Å²) in [6, 6.07) is 4.81. The lowest BCUT2D eigenvalue weighted by Gasteiger charge is -2.22. The zero-order valence-electron chi connectivity index (χ0n) is 9.73. The van der Waals surface area contributed by atoms with Gasteiger partial charge in [0.15, 0.2) is 9.84 Å². The van der Waals surface area contributed by atoms with E-state index in [9.17, 15) is 17.6 Å². The third kappa shape index (κ3) is 3.29. The van der Waals surface area contributed by atoms with E-state index in [0.29, 0.717) is 18.4 Å². The average molecular weight is 271 g/mol. The minimum Gasteiger partial charge on any atom is -0.348 e. The van der Waals surface area contributed by atoms with Crippen molar-refractivity contribution in [1.29, 1.82) is 0 Å². The van der Waals surface area contributed by atoms with Crippen molar-refractivity contribution in [3.8, 4) is 0 Å². The number of halogens is 1. The number of hydrogen-bond donors (Lipinski definition) is 1. The predicted molar refractivity (Wildman–Crippen MR) is 65.5 cm³/mol. The summed E-state index contributed by atoms with van der Waals surface area (Å²) in [5.74, 6) is -0.598. The molecule has 1 aromatic rings. The lowest BCUT2D eigenvalue weighted by Crippen LogP contribution is -2.43. The first-order valence-electron chi connectivity index (χ1n) is 5.73. The second-order valence-electron chi connectivity index (χ2n) is 4.43. The Kier molecular flexibility index (Phi) is 3.65. The van der Waals surface area contributed by atoms with E-state index >= 15 is 0 Å². The van der Waals surface area contributed by atoms with Crippen LogP contribution in [0, 0.1) is 5.82 Å². The third-order valence-electron chi connectivity index (χ3n) is 2.90. The van der Waals surface area contributed by atoms with Gasteiger partial charge in [-0.3, -0.25) is 4.79 Å². The van der Waals surface area contributed by atoms with Crippen LogP contribution in [0.1, 0.15) is 23.2 Å². The molecule has 1 saturated heterocycles. The van der Waals surface area contributed by atoms with Crippen LogP contribution in [0.25, 0.3) is 0 Å². The first kappa shape index (κ1) is 13.0. The second kappa shape index (κ2) is 5.06. The summed E-state index contributed by atoms with van der Waals surface area (Å²) >= 11 is 0. The monoisotopic (exact) mass is 271 g/mol. The molecular weight excluding hydrogens is 257 g/mol. The van der Waals surface area contributed by atoms with Gasteiger partial charge in [0.1, 0.15) is 5.82 Å². The Morgan fingerprint density at radius 3 is 2.56 bits per heavy atom. The molecule has 98 valence electrons. The van der Waals surface area contributed by atoms with E-state index in [1.807, 2.05) is 0 Å². The quantitative estimate of drug-likeness (QED) is 0.877. The van der Waals surface area contributed by atoms with Crippen molar-refractivity contribution in [3.63, 3.8) is 0 Å². The summed E-state index contributed by atoms with van der Waals surface area (Å²) in [7, 11) is -3.04. The number of nitrogens with one attached hydrogen (secondary N) is 1. The second-order valence-corrected chi connectivity index (χ2v) is 6.66. The minimum absolute atomic E-state index is 0.0140. The van der Waals surface area contributed by atoms with Crippen LogP contribution in [-0.4, -0.2) is 31.9 Å². The molecule has 1 unspecified atom stereocenters. The first-order valence-corrected chi connectivity index (χ1v) is 7.55. The average Bonchev–Trinajstić information content (AvgIpc) is 2.28. The molecule has 0 bridgehead atoms. The molecule has 1 atom stereocenters. The van der Waals surface area contributed by atoms with Crippen LogP contribution in [0.2, 0.25) is 0 Å². The van der Waals surface area contributed by atoms with E-state index in [-0.39, 0.29) is 23.5 Å². The number of carbonyl (C=O) groups excluding carboxylic acids is 1. The fourth-order valence-electron chi connectivity index (χ4n) is 2.01. The van der Waals surface area contributed by atoms with Gasteiger partial charge in [-0.1, -0.05) is 0 Å². The summed E-state index contributed by atoms with van der Waals surface area (Å²) in [6.45, 7) is 0. The SMILES string of the molecule is O=C(NC1CCCS(=O)(=O)C1)c1ccc(F)cc1. The molecule has 1 amide bonds. The molecule has 4 nitrogen and oxygen atoms in total. The molecular formula is C12H14FNO3S. The van der Waals surface area contributed by atoms with Gasteiger partial charge in [0.05, 0.1) is 11.5 Å². The molecule has 6 heteroatoms. The van der Waals surface area contributed by atoms with Crippen LogP contribution in [0.4, 0.5) is 4.39 Å². The summed E-state index contributed by atoms with van der Waals surface area (Å²) in [4.78, 5) is 11.8. The highest BCUT2D eigenvalue weighted by molar-refractivity contribution is 7.91. The molecule has 1 aliphatic rings. The lowest BCUT2D eigenvalue weighted by atomic mass is 10.1. The summed E-state index contributed by atoms with van der Waals surface area (Å²) in [5.41, 5.74) is 0.333.